The number of benzene rings is 5. The second kappa shape index (κ2) is 12.0. The van der Waals surface area contributed by atoms with Crippen molar-refractivity contribution in [1.29, 1.82) is 0 Å². The smallest absolute Gasteiger partial charge is 0.313 e. The Balaban J connectivity index is 0.00000361. The normalized spacial score (nSPS) is 11.9. The number of aromatic nitrogens is 5. The van der Waals surface area contributed by atoms with Crippen molar-refractivity contribution >= 4 is 43.9 Å². The summed E-state index contributed by atoms with van der Waals surface area (Å²) < 4.78 is 6.66. The van der Waals surface area contributed by atoms with Crippen molar-refractivity contribution in [1.82, 2.24) is 23.7 Å². The van der Waals surface area contributed by atoms with E-state index in [-0.39, 0.29) is 26.5 Å². The van der Waals surface area contributed by atoms with Gasteiger partial charge in [-0.25, -0.2) is 21.1 Å². The molecule has 0 radical (unpaired) electrons. The molecule has 0 saturated carbocycles. The van der Waals surface area contributed by atoms with Gasteiger partial charge in [0.25, 0.3) is 0 Å². The zero-order chi connectivity index (χ0) is 33.4. The Morgan fingerprint density at radius 2 is 1.28 bits per heavy atom. The molecule has 0 aliphatic rings. The molecule has 5 aromatic carbocycles. The van der Waals surface area contributed by atoms with Crippen molar-refractivity contribution in [2.75, 3.05) is 0 Å². The Hall–Kier alpha value is -5.25. The van der Waals surface area contributed by atoms with Gasteiger partial charge in [-0.3, -0.25) is 9.13 Å². The predicted octanol–water partition coefficient (Wildman–Crippen LogP) is 10.6. The van der Waals surface area contributed by atoms with Gasteiger partial charge >= 0.3 is 21.1 Å². The summed E-state index contributed by atoms with van der Waals surface area (Å²) in [5, 5.41) is 4.49. The number of fused-ring (bicyclic) bond motifs is 6. The Morgan fingerprint density at radius 3 is 1.98 bits per heavy atom. The van der Waals surface area contributed by atoms with Gasteiger partial charge < -0.3 is 4.57 Å². The van der Waals surface area contributed by atoms with E-state index in [0.717, 1.165) is 72.3 Å². The summed E-state index contributed by atoms with van der Waals surface area (Å²) in [4.78, 5) is 10.5. The van der Waals surface area contributed by atoms with E-state index in [2.05, 4.69) is 164 Å². The average Bonchev–Trinajstić information content (AvgIpc) is 3.79. The van der Waals surface area contributed by atoms with Crippen LogP contribution < -0.4 is 0 Å². The fourth-order valence-electron chi connectivity index (χ4n) is 7.35. The first-order valence-electron chi connectivity index (χ1n) is 16.8. The SMILES string of the molecule is Cc1cccc(C)c1-n1ccnc1-n1c2ccccc2c2cc3c4ccccc4n(-c4[c-]c(-c5[c-]ccc(C(C)(C)C)c5)ccc4)c3nc21.[Pt+2]. The van der Waals surface area contributed by atoms with Crippen molar-refractivity contribution in [2.24, 2.45) is 0 Å². The van der Waals surface area contributed by atoms with Crippen molar-refractivity contribution < 1.29 is 21.1 Å². The van der Waals surface area contributed by atoms with Crippen LogP contribution in [0.3, 0.4) is 0 Å². The topological polar surface area (TPSA) is 40.6 Å². The number of imidazole rings is 1. The third kappa shape index (κ3) is 4.94. The molecule has 0 unspecified atom stereocenters. The third-order valence-electron chi connectivity index (χ3n) is 9.76. The zero-order valence-corrected chi connectivity index (χ0v) is 30.9. The largest absolute Gasteiger partial charge is 2.00 e. The molecule has 4 aromatic heterocycles. The summed E-state index contributed by atoms with van der Waals surface area (Å²) in [6, 6.07) is 45.8. The van der Waals surface area contributed by atoms with Crippen molar-refractivity contribution in [3.8, 4) is 28.5 Å². The van der Waals surface area contributed by atoms with Crippen LogP contribution in [0.25, 0.3) is 72.3 Å². The molecule has 4 heterocycles. The van der Waals surface area contributed by atoms with Gasteiger partial charge in [-0.05, 0) is 54.3 Å². The predicted molar refractivity (Wildman–Crippen MR) is 201 cm³/mol. The average molecular weight is 829 g/mol. The quantitative estimate of drug-likeness (QED) is 0.166. The van der Waals surface area contributed by atoms with Crippen LogP contribution in [-0.4, -0.2) is 23.7 Å². The number of rotatable bonds is 4. The molecule has 9 rings (SSSR count). The first kappa shape index (κ1) is 32.0. The van der Waals surface area contributed by atoms with Gasteiger partial charge in [-0.1, -0.05) is 75.4 Å². The number of pyridine rings is 1. The van der Waals surface area contributed by atoms with E-state index in [1.54, 1.807) is 0 Å². The van der Waals surface area contributed by atoms with E-state index >= 15 is 0 Å². The third-order valence-corrected chi connectivity index (χ3v) is 9.76. The summed E-state index contributed by atoms with van der Waals surface area (Å²) >= 11 is 0. The Morgan fingerprint density at radius 1 is 0.640 bits per heavy atom. The van der Waals surface area contributed by atoms with Crippen molar-refractivity contribution in [3.05, 3.63) is 150 Å². The molecule has 0 aliphatic heterocycles. The maximum atomic E-state index is 5.56. The van der Waals surface area contributed by atoms with E-state index in [4.69, 9.17) is 9.97 Å². The van der Waals surface area contributed by atoms with Gasteiger partial charge in [0.05, 0.1) is 16.7 Å². The van der Waals surface area contributed by atoms with Crippen LogP contribution in [0, 0.1) is 26.0 Å². The minimum atomic E-state index is 0. The molecule has 6 heteroatoms. The van der Waals surface area contributed by atoms with Crippen LogP contribution in [0.2, 0.25) is 0 Å². The van der Waals surface area contributed by atoms with Gasteiger partial charge in [-0.15, -0.1) is 17.7 Å². The van der Waals surface area contributed by atoms with Crippen LogP contribution in [0.1, 0.15) is 37.5 Å². The molecule has 0 saturated heterocycles. The van der Waals surface area contributed by atoms with E-state index < -0.39 is 0 Å². The molecule has 0 N–H and O–H groups in total. The van der Waals surface area contributed by atoms with Gasteiger partial charge in [0.15, 0.2) is 0 Å². The summed E-state index contributed by atoms with van der Waals surface area (Å²) in [7, 11) is 0. The van der Waals surface area contributed by atoms with E-state index in [1.807, 2.05) is 18.5 Å². The van der Waals surface area contributed by atoms with E-state index in [0.29, 0.717) is 0 Å². The van der Waals surface area contributed by atoms with E-state index in [9.17, 15) is 0 Å². The Bertz CT molecular complexity index is 2720. The second-order valence-corrected chi connectivity index (χ2v) is 14.0. The molecular weight excluding hydrogens is 794 g/mol. The van der Waals surface area contributed by atoms with E-state index in [1.165, 1.54) is 16.7 Å². The number of hydrogen-bond donors (Lipinski definition) is 0. The molecule has 0 fully saturated rings. The summed E-state index contributed by atoms with van der Waals surface area (Å²) in [6.07, 6.45) is 3.93. The molecule has 0 bridgehead atoms. The fourth-order valence-corrected chi connectivity index (χ4v) is 7.35. The van der Waals surface area contributed by atoms with Gasteiger partial charge in [0.1, 0.15) is 11.3 Å². The number of aryl methyl sites for hydroxylation is 2. The molecular formula is C44H35N5Pt. The van der Waals surface area contributed by atoms with Crippen LogP contribution in [-0.2, 0) is 26.5 Å². The van der Waals surface area contributed by atoms with Crippen molar-refractivity contribution in [3.63, 3.8) is 0 Å². The summed E-state index contributed by atoms with van der Waals surface area (Å²) in [5.41, 5.74) is 11.7. The minimum absolute atomic E-state index is 0. The molecule has 0 aliphatic carbocycles. The minimum Gasteiger partial charge on any atom is -0.313 e. The summed E-state index contributed by atoms with van der Waals surface area (Å²) in [6.45, 7) is 11.0. The maximum Gasteiger partial charge on any atom is 2.00 e. The first-order valence-corrected chi connectivity index (χ1v) is 16.8. The van der Waals surface area contributed by atoms with Gasteiger partial charge in [-0.2, -0.15) is 36.4 Å². The zero-order valence-electron chi connectivity index (χ0n) is 28.6. The number of para-hydroxylation sites is 3. The standard InChI is InChI=1S/C44H35N5.Pt/c1-28-13-10-14-29(2)40(28)47-24-23-45-43(47)49-39-22-9-7-20-35(39)37-27-36-34-19-6-8-21-38(34)48(41(36)46-42(37)49)33-18-12-16-31(26-33)30-15-11-17-32(25-30)44(3,4)5;/h6-14,16-25,27H,1-5H3;/q-2;+2. The molecule has 9 aromatic rings. The molecule has 0 atom stereocenters. The number of nitrogens with zero attached hydrogens (tertiary/aromatic N) is 5. The van der Waals surface area contributed by atoms with Gasteiger partial charge in [0.2, 0.25) is 5.95 Å². The van der Waals surface area contributed by atoms with Crippen LogP contribution in [0.4, 0.5) is 0 Å². The first-order chi connectivity index (χ1) is 23.8. The molecule has 5 nitrogen and oxygen atoms in total. The van der Waals surface area contributed by atoms with Crippen LogP contribution in [0.15, 0.2) is 122 Å². The van der Waals surface area contributed by atoms with Gasteiger partial charge in [0, 0.05) is 33.9 Å². The van der Waals surface area contributed by atoms with Crippen LogP contribution in [0.5, 0.6) is 0 Å². The van der Waals surface area contributed by atoms with Crippen LogP contribution >= 0.6 is 0 Å². The molecule has 246 valence electrons. The maximum absolute atomic E-state index is 5.56. The molecule has 0 spiro atoms. The summed E-state index contributed by atoms with van der Waals surface area (Å²) in [5.74, 6) is 0.806. The molecule has 0 amide bonds. The molecule has 50 heavy (non-hydrogen) atoms. The fraction of sp³-hybridized carbons (Fsp3) is 0.136. The Kier molecular flexibility index (Phi) is 7.65. The van der Waals surface area contributed by atoms with Crippen molar-refractivity contribution in [2.45, 2.75) is 40.0 Å². The second-order valence-electron chi connectivity index (χ2n) is 14.0. The number of hydrogen-bond acceptors (Lipinski definition) is 2. The monoisotopic (exact) mass is 828 g/mol. The Labute approximate surface area is 306 Å².